The van der Waals surface area contributed by atoms with Gasteiger partial charge in [0.25, 0.3) is 0 Å². The molecule has 0 aliphatic carbocycles. The van der Waals surface area contributed by atoms with Crippen LogP contribution in [0.15, 0.2) is 48.7 Å². The third-order valence-electron chi connectivity index (χ3n) is 6.47. The standard InChI is InChI=1S/C26H29ClN4O2S/c1-16-15-19(18(3)31(16)22-11-7-9-20(27)17(22)2)25-24(21-10-5-6-13-28-21)29-26(34)30(25)14-8-12-23(32)33-4/h5-7,9-11,13,15,24-25H,8,12,14H2,1-4H3,(H,29,34)/t24-,25+/m1/s1. The van der Waals surface area contributed by atoms with Crippen molar-refractivity contribution in [3.05, 3.63) is 81.9 Å². The number of thiocarbonyl (C=S) groups is 1. The van der Waals surface area contributed by atoms with Crippen molar-refractivity contribution in [2.45, 2.75) is 45.7 Å². The number of hydrogen-bond donors (Lipinski definition) is 1. The van der Waals surface area contributed by atoms with E-state index >= 15 is 0 Å². The Kier molecular flexibility index (Phi) is 7.24. The van der Waals surface area contributed by atoms with Crippen LogP contribution >= 0.6 is 23.8 Å². The zero-order valence-electron chi connectivity index (χ0n) is 19.8. The van der Waals surface area contributed by atoms with Gasteiger partial charge in [-0.3, -0.25) is 9.78 Å². The highest BCUT2D eigenvalue weighted by Gasteiger charge is 2.41. The molecule has 1 fully saturated rings. The molecule has 1 saturated heterocycles. The third-order valence-corrected chi connectivity index (χ3v) is 7.24. The summed E-state index contributed by atoms with van der Waals surface area (Å²) < 4.78 is 7.07. The number of carbonyl (C=O) groups excluding carboxylic acids is 1. The Bertz CT molecular complexity index is 1210. The van der Waals surface area contributed by atoms with Crippen molar-refractivity contribution in [1.29, 1.82) is 0 Å². The van der Waals surface area contributed by atoms with E-state index in [1.807, 2.05) is 37.3 Å². The molecule has 4 rings (SSSR count). The fourth-order valence-corrected chi connectivity index (χ4v) is 5.28. The fraction of sp³-hybridized carbons (Fsp3) is 0.346. The molecule has 0 saturated carbocycles. The summed E-state index contributed by atoms with van der Waals surface area (Å²) in [6, 6.07) is 13.9. The lowest BCUT2D eigenvalue weighted by molar-refractivity contribution is -0.140. The van der Waals surface area contributed by atoms with Crippen LogP contribution in [0.25, 0.3) is 5.69 Å². The van der Waals surface area contributed by atoms with Crippen molar-refractivity contribution in [2.75, 3.05) is 13.7 Å². The zero-order valence-corrected chi connectivity index (χ0v) is 21.4. The van der Waals surface area contributed by atoms with Gasteiger partial charge in [-0.25, -0.2) is 0 Å². The second kappa shape index (κ2) is 10.2. The van der Waals surface area contributed by atoms with Gasteiger partial charge < -0.3 is 19.5 Å². The number of nitrogens with one attached hydrogen (secondary N) is 1. The van der Waals surface area contributed by atoms with Gasteiger partial charge >= 0.3 is 5.97 Å². The van der Waals surface area contributed by atoms with Crippen LogP contribution in [0, 0.1) is 20.8 Å². The lowest BCUT2D eigenvalue weighted by atomic mass is 9.96. The number of esters is 1. The van der Waals surface area contributed by atoms with E-state index in [-0.39, 0.29) is 18.1 Å². The highest BCUT2D eigenvalue weighted by atomic mass is 35.5. The minimum Gasteiger partial charge on any atom is -0.469 e. The second-order valence-corrected chi connectivity index (χ2v) is 9.34. The Morgan fingerprint density at radius 1 is 1.21 bits per heavy atom. The predicted molar refractivity (Wildman–Crippen MR) is 138 cm³/mol. The number of pyridine rings is 1. The predicted octanol–water partition coefficient (Wildman–Crippen LogP) is 5.38. The molecular formula is C26H29ClN4O2S. The maximum Gasteiger partial charge on any atom is 0.305 e. The molecule has 178 valence electrons. The van der Waals surface area contributed by atoms with Crippen molar-refractivity contribution in [3.63, 3.8) is 0 Å². The molecule has 2 atom stereocenters. The van der Waals surface area contributed by atoms with Crippen LogP contribution < -0.4 is 5.32 Å². The first kappa shape index (κ1) is 24.2. The molecule has 0 spiro atoms. The summed E-state index contributed by atoms with van der Waals surface area (Å²) in [5.41, 5.74) is 6.43. The molecule has 1 aliphatic heterocycles. The molecule has 34 heavy (non-hydrogen) atoms. The number of aryl methyl sites for hydroxylation is 1. The molecule has 6 nitrogen and oxygen atoms in total. The number of carbonyl (C=O) groups is 1. The molecule has 1 aromatic carbocycles. The average Bonchev–Trinajstić information content (AvgIpc) is 3.31. The van der Waals surface area contributed by atoms with E-state index in [0.717, 1.165) is 38.9 Å². The molecule has 0 amide bonds. The van der Waals surface area contributed by atoms with E-state index in [9.17, 15) is 4.79 Å². The minimum atomic E-state index is -0.217. The Hall–Kier alpha value is -2.90. The maximum absolute atomic E-state index is 11.7. The van der Waals surface area contributed by atoms with E-state index in [1.54, 1.807) is 6.20 Å². The number of hydrogen-bond acceptors (Lipinski definition) is 4. The van der Waals surface area contributed by atoms with Crippen molar-refractivity contribution < 1.29 is 9.53 Å². The Morgan fingerprint density at radius 2 is 2.00 bits per heavy atom. The van der Waals surface area contributed by atoms with Gasteiger partial charge in [-0.05, 0) is 80.9 Å². The van der Waals surface area contributed by atoms with Crippen LogP contribution in [0.5, 0.6) is 0 Å². The second-order valence-electron chi connectivity index (χ2n) is 8.55. The van der Waals surface area contributed by atoms with E-state index < -0.39 is 0 Å². The molecule has 0 unspecified atom stereocenters. The number of halogens is 1. The molecular weight excluding hydrogens is 468 g/mol. The average molecular weight is 497 g/mol. The van der Waals surface area contributed by atoms with Crippen LogP contribution in [-0.4, -0.2) is 39.2 Å². The van der Waals surface area contributed by atoms with Gasteiger partial charge in [-0.1, -0.05) is 23.7 Å². The van der Waals surface area contributed by atoms with Gasteiger partial charge in [0.1, 0.15) is 0 Å². The van der Waals surface area contributed by atoms with Crippen molar-refractivity contribution >= 4 is 34.9 Å². The van der Waals surface area contributed by atoms with E-state index in [4.69, 9.17) is 28.6 Å². The first-order valence-electron chi connectivity index (χ1n) is 11.3. The van der Waals surface area contributed by atoms with Crippen LogP contribution in [0.4, 0.5) is 0 Å². The van der Waals surface area contributed by atoms with Crippen LogP contribution in [0.2, 0.25) is 5.02 Å². The first-order chi connectivity index (χ1) is 16.3. The highest BCUT2D eigenvalue weighted by Crippen LogP contribution is 2.42. The summed E-state index contributed by atoms with van der Waals surface area (Å²) in [6.07, 6.45) is 2.79. The maximum atomic E-state index is 11.7. The van der Waals surface area contributed by atoms with Gasteiger partial charge in [-0.15, -0.1) is 0 Å². The fourth-order valence-electron chi connectivity index (χ4n) is 4.78. The summed E-state index contributed by atoms with van der Waals surface area (Å²) in [5, 5.41) is 4.89. The SMILES string of the molecule is COC(=O)CCCN1C(=S)N[C@H](c2ccccn2)[C@@H]1c1cc(C)n(-c2cccc(Cl)c2C)c1C. The van der Waals surface area contributed by atoms with Gasteiger partial charge in [-0.2, -0.15) is 0 Å². The van der Waals surface area contributed by atoms with Crippen LogP contribution in [0.1, 0.15) is 53.1 Å². The lowest BCUT2D eigenvalue weighted by Gasteiger charge is -2.28. The number of benzene rings is 1. The van der Waals surface area contributed by atoms with Crippen molar-refractivity contribution in [3.8, 4) is 5.69 Å². The van der Waals surface area contributed by atoms with Crippen molar-refractivity contribution in [2.24, 2.45) is 0 Å². The number of nitrogens with zero attached hydrogens (tertiary/aromatic N) is 3. The topological polar surface area (TPSA) is 59.4 Å². The van der Waals surface area contributed by atoms with Crippen LogP contribution in [0.3, 0.4) is 0 Å². The monoisotopic (exact) mass is 496 g/mol. The van der Waals surface area contributed by atoms with E-state index in [1.165, 1.54) is 7.11 Å². The molecule has 1 N–H and O–H groups in total. The number of rotatable bonds is 7. The van der Waals surface area contributed by atoms with E-state index in [2.05, 4.69) is 45.7 Å². The summed E-state index contributed by atoms with van der Waals surface area (Å²) in [5.74, 6) is -0.217. The number of methoxy groups -OCH3 is 1. The van der Waals surface area contributed by atoms with Gasteiger partial charge in [0.15, 0.2) is 5.11 Å². The molecule has 1 aliphatic rings. The van der Waals surface area contributed by atoms with Gasteiger partial charge in [0.05, 0.1) is 24.9 Å². The van der Waals surface area contributed by atoms with Crippen molar-refractivity contribution in [1.82, 2.24) is 19.8 Å². The minimum absolute atomic E-state index is 0.0699. The highest BCUT2D eigenvalue weighted by molar-refractivity contribution is 7.80. The first-order valence-corrected chi connectivity index (χ1v) is 12.1. The number of aromatic nitrogens is 2. The molecule has 3 aromatic rings. The Labute approximate surface area is 210 Å². The molecule has 0 bridgehead atoms. The largest absolute Gasteiger partial charge is 0.469 e. The summed E-state index contributed by atoms with van der Waals surface area (Å²) >= 11 is 12.2. The van der Waals surface area contributed by atoms with E-state index in [0.29, 0.717) is 24.5 Å². The summed E-state index contributed by atoms with van der Waals surface area (Å²) in [7, 11) is 1.41. The van der Waals surface area contributed by atoms with Gasteiger partial charge in [0, 0.05) is 41.3 Å². The molecule has 2 aromatic heterocycles. The molecule has 0 radical (unpaired) electrons. The van der Waals surface area contributed by atoms with Crippen LogP contribution in [-0.2, 0) is 9.53 Å². The Balaban J connectivity index is 1.78. The Morgan fingerprint density at radius 3 is 2.71 bits per heavy atom. The zero-order chi connectivity index (χ0) is 24.4. The third kappa shape index (κ3) is 4.55. The van der Waals surface area contributed by atoms with Gasteiger partial charge in [0.2, 0.25) is 0 Å². The summed E-state index contributed by atoms with van der Waals surface area (Å²) in [4.78, 5) is 18.5. The lowest BCUT2D eigenvalue weighted by Crippen LogP contribution is -2.31. The normalized spacial score (nSPS) is 17.7. The summed E-state index contributed by atoms with van der Waals surface area (Å²) in [6.45, 7) is 6.91. The molecule has 8 heteroatoms. The smallest absolute Gasteiger partial charge is 0.305 e. The quantitative estimate of drug-likeness (QED) is 0.350. The molecule has 3 heterocycles. The number of ether oxygens (including phenoxy) is 1.